The number of hydrogen-bond donors (Lipinski definition) is 1. The molecule has 1 N–H and O–H groups in total. The fraction of sp³-hybridized carbons (Fsp3) is 0.550. The molecule has 0 aliphatic heterocycles. The van der Waals surface area contributed by atoms with E-state index in [4.69, 9.17) is 4.74 Å². The van der Waals surface area contributed by atoms with Gasteiger partial charge in [0.25, 0.3) is 5.91 Å². The summed E-state index contributed by atoms with van der Waals surface area (Å²) in [6, 6.07) is 7.08. The molecule has 0 atom stereocenters. The van der Waals surface area contributed by atoms with Gasteiger partial charge >= 0.3 is 5.97 Å². The van der Waals surface area contributed by atoms with E-state index in [-0.39, 0.29) is 30.2 Å². The van der Waals surface area contributed by atoms with Gasteiger partial charge in [0, 0.05) is 30.8 Å². The molecule has 2 rings (SSSR count). The SMILES string of the molecule is CCOC(=O)CCN(C(=O)c1cccc(NC(C)=O)c1)C1CCCCC1. The van der Waals surface area contributed by atoms with Gasteiger partial charge in [0.05, 0.1) is 13.0 Å². The van der Waals surface area contributed by atoms with Crippen LogP contribution < -0.4 is 5.32 Å². The van der Waals surface area contributed by atoms with Gasteiger partial charge in [0.15, 0.2) is 0 Å². The molecular weight excluding hydrogens is 332 g/mol. The van der Waals surface area contributed by atoms with Gasteiger partial charge in [-0.25, -0.2) is 0 Å². The molecule has 6 heteroatoms. The Labute approximate surface area is 154 Å². The number of nitrogens with one attached hydrogen (secondary N) is 1. The van der Waals surface area contributed by atoms with E-state index in [0.29, 0.717) is 24.4 Å². The summed E-state index contributed by atoms with van der Waals surface area (Å²) in [7, 11) is 0. The summed E-state index contributed by atoms with van der Waals surface area (Å²) < 4.78 is 5.00. The van der Waals surface area contributed by atoms with Crippen LogP contribution >= 0.6 is 0 Å². The number of carbonyl (C=O) groups is 3. The number of anilines is 1. The summed E-state index contributed by atoms with van der Waals surface area (Å²) in [4.78, 5) is 37.9. The molecule has 1 saturated carbocycles. The summed E-state index contributed by atoms with van der Waals surface area (Å²) in [5.74, 6) is -0.567. The van der Waals surface area contributed by atoms with E-state index in [2.05, 4.69) is 5.32 Å². The fourth-order valence-electron chi connectivity index (χ4n) is 3.39. The zero-order valence-corrected chi connectivity index (χ0v) is 15.6. The molecule has 26 heavy (non-hydrogen) atoms. The third kappa shape index (κ3) is 5.86. The Balaban J connectivity index is 2.15. The molecular formula is C20H28N2O4. The lowest BCUT2D eigenvalue weighted by Gasteiger charge is -2.34. The number of ether oxygens (including phenoxy) is 1. The van der Waals surface area contributed by atoms with Crippen LogP contribution in [-0.2, 0) is 14.3 Å². The first-order valence-corrected chi connectivity index (χ1v) is 9.35. The standard InChI is InChI=1S/C20H28N2O4/c1-3-26-19(24)12-13-22(18-10-5-4-6-11-18)20(25)16-8-7-9-17(14-16)21-15(2)23/h7-9,14,18H,3-6,10-13H2,1-2H3,(H,21,23). The van der Waals surface area contributed by atoms with Crippen LogP contribution in [-0.4, -0.2) is 41.9 Å². The summed E-state index contributed by atoms with van der Waals surface area (Å²) >= 11 is 0. The maximum Gasteiger partial charge on any atom is 0.307 e. The molecule has 0 radical (unpaired) electrons. The summed E-state index contributed by atoms with van der Waals surface area (Å²) in [6.07, 6.45) is 5.50. The van der Waals surface area contributed by atoms with Crippen molar-refractivity contribution in [1.82, 2.24) is 4.90 Å². The second kappa shape index (κ2) is 9.94. The molecule has 1 aliphatic rings. The van der Waals surface area contributed by atoms with E-state index in [1.807, 2.05) is 4.90 Å². The fourth-order valence-corrected chi connectivity index (χ4v) is 3.39. The van der Waals surface area contributed by atoms with E-state index in [0.717, 1.165) is 25.7 Å². The average molecular weight is 360 g/mol. The number of benzene rings is 1. The van der Waals surface area contributed by atoms with Crippen molar-refractivity contribution in [3.05, 3.63) is 29.8 Å². The smallest absolute Gasteiger partial charge is 0.307 e. The van der Waals surface area contributed by atoms with Crippen LogP contribution in [0.5, 0.6) is 0 Å². The first kappa shape index (κ1) is 19.9. The quantitative estimate of drug-likeness (QED) is 0.757. The zero-order valence-electron chi connectivity index (χ0n) is 15.6. The number of carbonyl (C=O) groups excluding carboxylic acids is 3. The second-order valence-electron chi connectivity index (χ2n) is 6.61. The highest BCUT2D eigenvalue weighted by Gasteiger charge is 2.27. The minimum Gasteiger partial charge on any atom is -0.466 e. The molecule has 1 aromatic carbocycles. The van der Waals surface area contributed by atoms with Crippen molar-refractivity contribution < 1.29 is 19.1 Å². The highest BCUT2D eigenvalue weighted by molar-refractivity contribution is 5.97. The van der Waals surface area contributed by atoms with E-state index in [9.17, 15) is 14.4 Å². The Hall–Kier alpha value is -2.37. The van der Waals surface area contributed by atoms with Gasteiger partial charge in [-0.05, 0) is 38.0 Å². The molecule has 0 bridgehead atoms. The van der Waals surface area contributed by atoms with Gasteiger partial charge in [-0.15, -0.1) is 0 Å². The van der Waals surface area contributed by atoms with E-state index in [1.54, 1.807) is 31.2 Å². The predicted molar refractivity (Wildman–Crippen MR) is 99.9 cm³/mol. The Morgan fingerprint density at radius 1 is 1.19 bits per heavy atom. The molecule has 1 fully saturated rings. The van der Waals surface area contributed by atoms with E-state index < -0.39 is 0 Å². The largest absolute Gasteiger partial charge is 0.466 e. The Morgan fingerprint density at radius 3 is 2.58 bits per heavy atom. The van der Waals surface area contributed by atoms with Crippen LogP contribution in [0.4, 0.5) is 5.69 Å². The lowest BCUT2D eigenvalue weighted by atomic mass is 9.93. The van der Waals surface area contributed by atoms with Crippen LogP contribution in [0.15, 0.2) is 24.3 Å². The summed E-state index contributed by atoms with van der Waals surface area (Å²) in [5, 5.41) is 2.70. The normalized spacial score (nSPS) is 14.5. The molecule has 1 aromatic rings. The van der Waals surface area contributed by atoms with Crippen LogP contribution in [0, 0.1) is 0 Å². The van der Waals surface area contributed by atoms with Crippen molar-refractivity contribution in [3.63, 3.8) is 0 Å². The predicted octanol–water partition coefficient (Wildman–Crippen LogP) is 3.37. The van der Waals surface area contributed by atoms with Crippen LogP contribution in [0.2, 0.25) is 0 Å². The highest BCUT2D eigenvalue weighted by Crippen LogP contribution is 2.25. The van der Waals surface area contributed by atoms with Crippen LogP contribution in [0.25, 0.3) is 0 Å². The highest BCUT2D eigenvalue weighted by atomic mass is 16.5. The summed E-state index contributed by atoms with van der Waals surface area (Å²) in [6.45, 7) is 3.90. The number of amides is 2. The Bertz CT molecular complexity index is 638. The Morgan fingerprint density at radius 2 is 1.92 bits per heavy atom. The summed E-state index contributed by atoms with van der Waals surface area (Å²) in [5.41, 5.74) is 1.11. The Kier molecular flexibility index (Phi) is 7.63. The maximum absolute atomic E-state index is 13.1. The van der Waals surface area contributed by atoms with Gasteiger partial charge in [-0.3, -0.25) is 14.4 Å². The molecule has 2 amide bonds. The van der Waals surface area contributed by atoms with Crippen molar-refractivity contribution in [2.45, 2.75) is 58.4 Å². The van der Waals surface area contributed by atoms with Gasteiger partial charge in [-0.1, -0.05) is 25.3 Å². The third-order valence-electron chi connectivity index (χ3n) is 4.57. The molecule has 0 unspecified atom stereocenters. The molecule has 142 valence electrons. The van der Waals surface area contributed by atoms with Crippen molar-refractivity contribution in [2.75, 3.05) is 18.5 Å². The van der Waals surface area contributed by atoms with Gasteiger partial charge in [-0.2, -0.15) is 0 Å². The van der Waals surface area contributed by atoms with Gasteiger partial charge in [0.1, 0.15) is 0 Å². The topological polar surface area (TPSA) is 75.7 Å². The van der Waals surface area contributed by atoms with Crippen LogP contribution in [0.3, 0.4) is 0 Å². The molecule has 0 aromatic heterocycles. The lowest BCUT2D eigenvalue weighted by molar-refractivity contribution is -0.143. The maximum atomic E-state index is 13.1. The molecule has 0 spiro atoms. The number of esters is 1. The van der Waals surface area contributed by atoms with Crippen molar-refractivity contribution in [2.24, 2.45) is 0 Å². The minimum absolute atomic E-state index is 0.103. The third-order valence-corrected chi connectivity index (χ3v) is 4.57. The lowest BCUT2D eigenvalue weighted by Crippen LogP contribution is -2.42. The average Bonchev–Trinajstić information content (AvgIpc) is 2.62. The van der Waals surface area contributed by atoms with Gasteiger partial charge in [0.2, 0.25) is 5.91 Å². The number of rotatable bonds is 7. The first-order chi connectivity index (χ1) is 12.5. The molecule has 0 heterocycles. The number of hydrogen-bond acceptors (Lipinski definition) is 4. The first-order valence-electron chi connectivity index (χ1n) is 9.35. The van der Waals surface area contributed by atoms with Gasteiger partial charge < -0.3 is 15.0 Å². The monoisotopic (exact) mass is 360 g/mol. The van der Waals surface area contributed by atoms with E-state index >= 15 is 0 Å². The van der Waals surface area contributed by atoms with Crippen molar-refractivity contribution in [3.8, 4) is 0 Å². The number of nitrogens with zero attached hydrogens (tertiary/aromatic N) is 1. The molecule has 6 nitrogen and oxygen atoms in total. The van der Waals surface area contributed by atoms with Crippen molar-refractivity contribution >= 4 is 23.5 Å². The van der Waals surface area contributed by atoms with Crippen LogP contribution in [0.1, 0.15) is 62.7 Å². The second-order valence-corrected chi connectivity index (χ2v) is 6.61. The van der Waals surface area contributed by atoms with Crippen molar-refractivity contribution in [1.29, 1.82) is 0 Å². The zero-order chi connectivity index (χ0) is 18.9. The minimum atomic E-state index is -0.284. The molecule has 0 saturated heterocycles. The van der Waals surface area contributed by atoms with E-state index in [1.165, 1.54) is 13.3 Å². The molecule has 1 aliphatic carbocycles.